The lowest BCUT2D eigenvalue weighted by Gasteiger charge is -2.25. The zero-order chi connectivity index (χ0) is 22.8. The van der Waals surface area contributed by atoms with Crippen molar-refractivity contribution in [2.24, 2.45) is 0 Å². The molecular formula is C26H24N2O4. The fourth-order valence-electron chi connectivity index (χ4n) is 4.00. The molecule has 1 unspecified atom stereocenters. The molecule has 0 aliphatic carbocycles. The van der Waals surface area contributed by atoms with Crippen LogP contribution in [0, 0.1) is 13.8 Å². The van der Waals surface area contributed by atoms with Gasteiger partial charge in [0, 0.05) is 24.5 Å². The van der Waals surface area contributed by atoms with Crippen LogP contribution in [0.4, 0.5) is 0 Å². The van der Waals surface area contributed by atoms with Gasteiger partial charge in [-0.2, -0.15) is 0 Å². The van der Waals surface area contributed by atoms with E-state index < -0.39 is 17.7 Å². The molecule has 1 saturated heterocycles. The van der Waals surface area contributed by atoms with E-state index in [1.54, 1.807) is 37.7 Å². The number of methoxy groups -OCH3 is 1. The molecule has 6 nitrogen and oxygen atoms in total. The number of carbonyl (C=O) groups is 2. The molecule has 1 aliphatic rings. The van der Waals surface area contributed by atoms with Crippen LogP contribution in [0.1, 0.15) is 33.9 Å². The summed E-state index contributed by atoms with van der Waals surface area (Å²) in [6.45, 7) is 3.97. The molecule has 6 heteroatoms. The lowest BCUT2D eigenvalue weighted by atomic mass is 9.93. The summed E-state index contributed by atoms with van der Waals surface area (Å²) in [5, 5.41) is 11.3. The molecule has 1 aliphatic heterocycles. The summed E-state index contributed by atoms with van der Waals surface area (Å²) < 4.78 is 5.25. The van der Waals surface area contributed by atoms with Gasteiger partial charge >= 0.3 is 0 Å². The van der Waals surface area contributed by atoms with Crippen molar-refractivity contribution in [2.75, 3.05) is 7.11 Å². The second-order valence-corrected chi connectivity index (χ2v) is 7.88. The maximum absolute atomic E-state index is 13.2. The first-order valence-electron chi connectivity index (χ1n) is 10.3. The Balaban J connectivity index is 1.89. The second kappa shape index (κ2) is 8.67. The van der Waals surface area contributed by atoms with Gasteiger partial charge in [0.1, 0.15) is 11.5 Å². The normalized spacial score (nSPS) is 17.6. The molecular weight excluding hydrogens is 404 g/mol. The summed E-state index contributed by atoms with van der Waals surface area (Å²) >= 11 is 0. The number of pyridine rings is 1. The first kappa shape index (κ1) is 21.3. The first-order chi connectivity index (χ1) is 15.4. The molecule has 3 aromatic rings. The number of aromatic nitrogens is 1. The number of aryl methyl sites for hydroxylation is 2. The summed E-state index contributed by atoms with van der Waals surface area (Å²) in [6.07, 6.45) is 3.31. The quantitative estimate of drug-likeness (QED) is 0.372. The molecule has 32 heavy (non-hydrogen) atoms. The number of rotatable bonds is 5. The minimum absolute atomic E-state index is 0.0813. The van der Waals surface area contributed by atoms with E-state index >= 15 is 0 Å². The molecule has 0 spiro atoms. The zero-order valence-electron chi connectivity index (χ0n) is 18.2. The number of nitrogens with zero attached hydrogens (tertiary/aromatic N) is 2. The standard InChI is InChI=1S/C26H24N2O4/c1-16-6-7-17(2)21(13-16)24(29)22-23(19-8-10-20(32-3)11-9-19)28(26(31)25(22)30)15-18-5-4-12-27-14-18/h4-14,23,29H,15H2,1-3H3. The lowest BCUT2D eigenvalue weighted by Crippen LogP contribution is -2.29. The third kappa shape index (κ3) is 3.87. The summed E-state index contributed by atoms with van der Waals surface area (Å²) in [5.74, 6) is -0.860. The van der Waals surface area contributed by atoms with Gasteiger partial charge in [0.2, 0.25) is 0 Å². The Kier molecular flexibility index (Phi) is 5.77. The number of ketones is 1. The van der Waals surface area contributed by atoms with E-state index in [0.29, 0.717) is 16.9 Å². The number of aliphatic hydroxyl groups excluding tert-OH is 1. The minimum atomic E-state index is -0.735. The SMILES string of the molecule is COc1ccc(C2C(=C(O)c3cc(C)ccc3C)C(=O)C(=O)N2Cc2cccnc2)cc1. The molecule has 1 fully saturated rings. The highest BCUT2D eigenvalue weighted by Gasteiger charge is 2.46. The van der Waals surface area contributed by atoms with Crippen LogP contribution in [-0.2, 0) is 16.1 Å². The number of hydrogen-bond acceptors (Lipinski definition) is 5. The highest BCUT2D eigenvalue weighted by atomic mass is 16.5. The molecule has 0 radical (unpaired) electrons. The number of benzene rings is 2. The number of ether oxygens (including phenoxy) is 1. The van der Waals surface area contributed by atoms with E-state index in [2.05, 4.69) is 4.98 Å². The fourth-order valence-corrected chi connectivity index (χ4v) is 4.00. The Bertz CT molecular complexity index is 1200. The third-order valence-electron chi connectivity index (χ3n) is 5.70. The third-order valence-corrected chi connectivity index (χ3v) is 5.70. The number of likely N-dealkylation sites (tertiary alicyclic amines) is 1. The monoisotopic (exact) mass is 428 g/mol. The first-order valence-corrected chi connectivity index (χ1v) is 10.3. The molecule has 2 aromatic carbocycles. The van der Waals surface area contributed by atoms with Crippen molar-refractivity contribution >= 4 is 17.4 Å². The number of carbonyl (C=O) groups excluding carboxylic acids is 2. The van der Waals surface area contributed by atoms with Gasteiger partial charge in [0.25, 0.3) is 11.7 Å². The summed E-state index contributed by atoms with van der Waals surface area (Å²) in [4.78, 5) is 31.9. The molecule has 1 N–H and O–H groups in total. The Hall–Kier alpha value is -3.93. The Morgan fingerprint density at radius 2 is 1.84 bits per heavy atom. The van der Waals surface area contributed by atoms with Crippen molar-refractivity contribution in [3.8, 4) is 5.75 Å². The van der Waals surface area contributed by atoms with Crippen LogP contribution >= 0.6 is 0 Å². The number of amides is 1. The van der Waals surface area contributed by atoms with Crippen molar-refractivity contribution in [1.29, 1.82) is 0 Å². The topological polar surface area (TPSA) is 79.7 Å². The highest BCUT2D eigenvalue weighted by molar-refractivity contribution is 6.46. The lowest BCUT2D eigenvalue weighted by molar-refractivity contribution is -0.140. The van der Waals surface area contributed by atoms with E-state index in [-0.39, 0.29) is 17.9 Å². The van der Waals surface area contributed by atoms with Crippen LogP contribution in [0.2, 0.25) is 0 Å². The average Bonchev–Trinajstić information content (AvgIpc) is 3.06. The van der Waals surface area contributed by atoms with Crippen LogP contribution in [0.5, 0.6) is 5.75 Å². The van der Waals surface area contributed by atoms with Gasteiger partial charge in [0.05, 0.1) is 18.7 Å². The molecule has 1 amide bonds. The van der Waals surface area contributed by atoms with Crippen LogP contribution in [0.3, 0.4) is 0 Å². The number of aliphatic hydroxyl groups is 1. The molecule has 4 rings (SSSR count). The van der Waals surface area contributed by atoms with Crippen molar-refractivity contribution in [1.82, 2.24) is 9.88 Å². The minimum Gasteiger partial charge on any atom is -0.507 e. The smallest absolute Gasteiger partial charge is 0.295 e. The predicted molar refractivity (Wildman–Crippen MR) is 121 cm³/mol. The van der Waals surface area contributed by atoms with E-state index in [0.717, 1.165) is 16.7 Å². The zero-order valence-corrected chi connectivity index (χ0v) is 18.2. The molecule has 0 saturated carbocycles. The van der Waals surface area contributed by atoms with Gasteiger partial charge in [-0.05, 0) is 54.8 Å². The van der Waals surface area contributed by atoms with E-state index in [9.17, 15) is 14.7 Å². The maximum atomic E-state index is 13.2. The second-order valence-electron chi connectivity index (χ2n) is 7.88. The number of hydrogen-bond donors (Lipinski definition) is 1. The van der Waals surface area contributed by atoms with Crippen molar-refractivity contribution in [2.45, 2.75) is 26.4 Å². The van der Waals surface area contributed by atoms with Gasteiger partial charge in [0.15, 0.2) is 0 Å². The van der Waals surface area contributed by atoms with Crippen molar-refractivity contribution < 1.29 is 19.4 Å². The van der Waals surface area contributed by atoms with E-state index in [1.807, 2.05) is 50.2 Å². The fraction of sp³-hybridized carbons (Fsp3) is 0.192. The van der Waals surface area contributed by atoms with Crippen LogP contribution < -0.4 is 4.74 Å². The van der Waals surface area contributed by atoms with Gasteiger partial charge in [-0.1, -0.05) is 35.9 Å². The van der Waals surface area contributed by atoms with E-state index in [4.69, 9.17) is 4.74 Å². The van der Waals surface area contributed by atoms with Crippen LogP contribution in [-0.4, -0.2) is 33.8 Å². The Labute approximate surface area is 186 Å². The van der Waals surface area contributed by atoms with Gasteiger partial charge in [-0.15, -0.1) is 0 Å². The summed E-state index contributed by atoms with van der Waals surface area (Å²) in [5.41, 5.74) is 3.89. The Morgan fingerprint density at radius 3 is 2.50 bits per heavy atom. The molecule has 1 atom stereocenters. The van der Waals surface area contributed by atoms with Crippen LogP contribution in [0.15, 0.2) is 72.6 Å². The molecule has 2 heterocycles. The van der Waals surface area contributed by atoms with Gasteiger partial charge in [-0.3, -0.25) is 14.6 Å². The summed E-state index contributed by atoms with van der Waals surface area (Å²) in [7, 11) is 1.57. The van der Waals surface area contributed by atoms with E-state index in [1.165, 1.54) is 4.90 Å². The summed E-state index contributed by atoms with van der Waals surface area (Å²) in [6, 6.07) is 15.7. The molecule has 0 bridgehead atoms. The average molecular weight is 428 g/mol. The molecule has 162 valence electrons. The Morgan fingerprint density at radius 1 is 1.09 bits per heavy atom. The van der Waals surface area contributed by atoms with Gasteiger partial charge in [-0.25, -0.2) is 0 Å². The molecule has 1 aromatic heterocycles. The van der Waals surface area contributed by atoms with Crippen LogP contribution in [0.25, 0.3) is 5.76 Å². The maximum Gasteiger partial charge on any atom is 0.295 e. The number of Topliss-reactive ketones (excluding diaryl/α,β-unsaturated/α-hetero) is 1. The largest absolute Gasteiger partial charge is 0.507 e. The highest BCUT2D eigenvalue weighted by Crippen LogP contribution is 2.41. The van der Waals surface area contributed by atoms with Crippen molar-refractivity contribution in [3.05, 3.63) is 100 Å². The predicted octanol–water partition coefficient (Wildman–Crippen LogP) is 4.33. The van der Waals surface area contributed by atoms with Gasteiger partial charge < -0.3 is 14.7 Å². The van der Waals surface area contributed by atoms with Crippen molar-refractivity contribution in [3.63, 3.8) is 0 Å².